The van der Waals surface area contributed by atoms with Gasteiger partial charge in [-0.25, -0.2) is 17.9 Å². The van der Waals surface area contributed by atoms with Crippen LogP contribution in [0.25, 0.3) is 0 Å². The van der Waals surface area contributed by atoms with Crippen molar-refractivity contribution < 1.29 is 17.9 Å². The first-order valence-corrected chi connectivity index (χ1v) is 14.5. The molecule has 1 aliphatic carbocycles. The lowest BCUT2D eigenvalue weighted by Gasteiger charge is -2.50. The number of nitrogens with two attached hydrogens (primary N) is 1. The molecule has 5 rings (SSSR count). The van der Waals surface area contributed by atoms with Gasteiger partial charge in [0, 0.05) is 23.7 Å². The number of fused-ring (bicyclic) bond motifs is 1. The smallest absolute Gasteiger partial charge is 0.316 e. The summed E-state index contributed by atoms with van der Waals surface area (Å²) in [7, 11) is -3.72. The first-order chi connectivity index (χ1) is 18.3. The van der Waals surface area contributed by atoms with Crippen molar-refractivity contribution in [1.82, 2.24) is 10.0 Å². The highest BCUT2D eigenvalue weighted by Crippen LogP contribution is 2.53. The highest BCUT2D eigenvalue weighted by molar-refractivity contribution is 7.89. The Labute approximate surface area is 224 Å². The number of carbonyl (C=O) groups excluding carboxylic acids is 1. The molecule has 0 bridgehead atoms. The van der Waals surface area contributed by atoms with Crippen LogP contribution in [-0.2, 0) is 21.9 Å². The number of ether oxygens (including phenoxy) is 1. The average molecular weight is 535 g/mol. The zero-order chi connectivity index (χ0) is 26.8. The maximum atomic E-state index is 12.6. The SMILES string of the molecule is Cc1ccc(C2(C3NCCc4ccc(OCCNS(=O)(=O)c5ccc(NC(N)=O)cc5)cc43)CCC2)cc1. The number of rotatable bonds is 9. The van der Waals surface area contributed by atoms with Crippen LogP contribution in [0, 0.1) is 6.92 Å². The molecular formula is C29H34N4O4S. The van der Waals surface area contributed by atoms with Crippen LogP contribution in [-0.4, -0.2) is 34.1 Å². The number of carbonyl (C=O) groups is 1. The van der Waals surface area contributed by atoms with Crippen molar-refractivity contribution in [1.29, 1.82) is 0 Å². The van der Waals surface area contributed by atoms with Gasteiger partial charge in [-0.05, 0) is 85.8 Å². The summed E-state index contributed by atoms with van der Waals surface area (Å²) in [5.74, 6) is 0.733. The third-order valence-corrected chi connectivity index (χ3v) is 9.17. The fraction of sp³-hybridized carbons (Fsp3) is 0.345. The van der Waals surface area contributed by atoms with E-state index < -0.39 is 16.1 Å². The summed E-state index contributed by atoms with van der Waals surface area (Å²) in [5.41, 5.74) is 10.9. The third-order valence-electron chi connectivity index (χ3n) is 7.69. The summed E-state index contributed by atoms with van der Waals surface area (Å²) in [6, 6.07) is 20.5. The van der Waals surface area contributed by atoms with E-state index in [4.69, 9.17) is 10.5 Å². The van der Waals surface area contributed by atoms with Gasteiger partial charge in [0.25, 0.3) is 0 Å². The molecule has 0 radical (unpaired) electrons. The van der Waals surface area contributed by atoms with Crippen LogP contribution >= 0.6 is 0 Å². The quantitative estimate of drug-likeness (QED) is 0.307. The lowest BCUT2D eigenvalue weighted by Crippen LogP contribution is -2.49. The van der Waals surface area contributed by atoms with Crippen molar-refractivity contribution in [2.75, 3.05) is 25.0 Å². The molecule has 0 spiro atoms. The van der Waals surface area contributed by atoms with E-state index in [1.54, 1.807) is 0 Å². The second-order valence-corrected chi connectivity index (χ2v) is 11.9. The molecule has 1 unspecified atom stereocenters. The van der Waals surface area contributed by atoms with E-state index in [0.717, 1.165) is 31.6 Å². The molecule has 9 heteroatoms. The molecule has 5 N–H and O–H groups in total. The fourth-order valence-electron chi connectivity index (χ4n) is 5.59. The summed E-state index contributed by atoms with van der Waals surface area (Å²) in [6.07, 6.45) is 4.50. The van der Waals surface area contributed by atoms with Crippen LogP contribution in [0.2, 0.25) is 0 Å². The molecule has 0 saturated heterocycles. The van der Waals surface area contributed by atoms with Crippen molar-refractivity contribution >= 4 is 21.7 Å². The molecule has 1 saturated carbocycles. The van der Waals surface area contributed by atoms with Crippen molar-refractivity contribution in [2.45, 2.75) is 49.0 Å². The van der Waals surface area contributed by atoms with Gasteiger partial charge in [0.05, 0.1) is 4.90 Å². The van der Waals surface area contributed by atoms with Gasteiger partial charge in [0.15, 0.2) is 0 Å². The van der Waals surface area contributed by atoms with E-state index in [1.165, 1.54) is 52.9 Å². The number of anilines is 1. The lowest BCUT2D eigenvalue weighted by molar-refractivity contribution is 0.164. The van der Waals surface area contributed by atoms with Gasteiger partial charge in [-0.15, -0.1) is 0 Å². The molecule has 200 valence electrons. The fourth-order valence-corrected chi connectivity index (χ4v) is 6.60. The van der Waals surface area contributed by atoms with Gasteiger partial charge < -0.3 is 21.1 Å². The number of urea groups is 1. The molecule has 2 amide bonds. The molecule has 3 aromatic carbocycles. The topological polar surface area (TPSA) is 123 Å². The van der Waals surface area contributed by atoms with Crippen LogP contribution < -0.4 is 25.8 Å². The Kier molecular flexibility index (Phi) is 7.43. The molecule has 1 aliphatic heterocycles. The highest BCUT2D eigenvalue weighted by atomic mass is 32.2. The second-order valence-electron chi connectivity index (χ2n) is 10.1. The standard InChI is InChI=1S/C29H34N4O4S/c1-20-3-6-22(7-4-20)29(14-2-15-29)27-26-19-24(10-5-21(26)13-16-31-27)37-18-17-32-38(35,36)25-11-8-23(9-12-25)33-28(30)34/h3-12,19,27,31-32H,2,13-18H2,1H3,(H3,30,33,34). The maximum absolute atomic E-state index is 12.6. The largest absolute Gasteiger partial charge is 0.492 e. The number of amides is 2. The number of hydrogen-bond donors (Lipinski definition) is 4. The van der Waals surface area contributed by atoms with E-state index in [0.29, 0.717) is 5.69 Å². The van der Waals surface area contributed by atoms with Crippen LogP contribution in [0.1, 0.15) is 47.6 Å². The number of aryl methyl sites for hydroxylation is 1. The minimum absolute atomic E-state index is 0.0830. The minimum atomic E-state index is -3.72. The Hall–Kier alpha value is -3.40. The van der Waals surface area contributed by atoms with Gasteiger partial charge >= 0.3 is 6.03 Å². The Morgan fingerprint density at radius 2 is 1.82 bits per heavy atom. The van der Waals surface area contributed by atoms with Crippen LogP contribution in [0.4, 0.5) is 10.5 Å². The zero-order valence-corrected chi connectivity index (χ0v) is 22.3. The predicted octanol–water partition coefficient (Wildman–Crippen LogP) is 4.15. The molecule has 1 atom stereocenters. The number of sulfonamides is 1. The molecule has 8 nitrogen and oxygen atoms in total. The molecule has 3 aromatic rings. The Bertz CT molecular complexity index is 1400. The van der Waals surface area contributed by atoms with Crippen molar-refractivity contribution in [3.63, 3.8) is 0 Å². The summed E-state index contributed by atoms with van der Waals surface area (Å²) in [4.78, 5) is 11.0. The third kappa shape index (κ3) is 5.41. The summed E-state index contributed by atoms with van der Waals surface area (Å²) < 4.78 is 33.8. The number of hydrogen-bond acceptors (Lipinski definition) is 5. The second kappa shape index (κ2) is 10.8. The summed E-state index contributed by atoms with van der Waals surface area (Å²) in [6.45, 7) is 3.39. The van der Waals surface area contributed by atoms with Gasteiger partial charge in [-0.1, -0.05) is 42.3 Å². The normalized spacial score (nSPS) is 18.2. The molecule has 38 heavy (non-hydrogen) atoms. The molecule has 0 aromatic heterocycles. The lowest BCUT2D eigenvalue weighted by atomic mass is 9.58. The molecular weight excluding hydrogens is 500 g/mol. The minimum Gasteiger partial charge on any atom is -0.492 e. The highest BCUT2D eigenvalue weighted by Gasteiger charge is 2.47. The number of nitrogens with one attached hydrogen (secondary N) is 3. The monoisotopic (exact) mass is 534 g/mol. The average Bonchev–Trinajstić information content (AvgIpc) is 2.87. The van der Waals surface area contributed by atoms with E-state index in [2.05, 4.69) is 58.7 Å². The zero-order valence-electron chi connectivity index (χ0n) is 21.5. The van der Waals surface area contributed by atoms with Crippen LogP contribution in [0.5, 0.6) is 5.75 Å². The van der Waals surface area contributed by atoms with E-state index in [1.807, 2.05) is 6.07 Å². The first-order valence-electron chi connectivity index (χ1n) is 13.0. The number of primary amides is 1. The van der Waals surface area contributed by atoms with Crippen molar-refractivity contribution in [3.8, 4) is 5.75 Å². The predicted molar refractivity (Wildman–Crippen MR) is 148 cm³/mol. The van der Waals surface area contributed by atoms with Gasteiger partial charge in [0.2, 0.25) is 10.0 Å². The van der Waals surface area contributed by atoms with Crippen molar-refractivity contribution in [2.24, 2.45) is 5.73 Å². The maximum Gasteiger partial charge on any atom is 0.316 e. The van der Waals surface area contributed by atoms with Gasteiger partial charge in [0.1, 0.15) is 12.4 Å². The van der Waals surface area contributed by atoms with Crippen LogP contribution in [0.15, 0.2) is 71.6 Å². The first kappa shape index (κ1) is 26.2. The Balaban J connectivity index is 1.24. The van der Waals surface area contributed by atoms with Crippen LogP contribution in [0.3, 0.4) is 0 Å². The van der Waals surface area contributed by atoms with E-state index >= 15 is 0 Å². The van der Waals surface area contributed by atoms with Gasteiger partial charge in [-0.2, -0.15) is 0 Å². The van der Waals surface area contributed by atoms with Gasteiger partial charge in [-0.3, -0.25) is 0 Å². The molecule has 1 heterocycles. The Morgan fingerprint density at radius 1 is 1.08 bits per heavy atom. The molecule has 2 aliphatic rings. The van der Waals surface area contributed by atoms with E-state index in [9.17, 15) is 13.2 Å². The molecule has 1 fully saturated rings. The van der Waals surface area contributed by atoms with E-state index in [-0.39, 0.29) is 29.5 Å². The summed E-state index contributed by atoms with van der Waals surface area (Å²) >= 11 is 0. The number of benzene rings is 3. The summed E-state index contributed by atoms with van der Waals surface area (Å²) in [5, 5.41) is 6.21. The van der Waals surface area contributed by atoms with Crippen molar-refractivity contribution in [3.05, 3.63) is 89.0 Å². The Morgan fingerprint density at radius 3 is 2.47 bits per heavy atom.